The topological polar surface area (TPSA) is 117 Å². The third kappa shape index (κ3) is 5.64. The van der Waals surface area contributed by atoms with Gasteiger partial charge in [0.2, 0.25) is 10.0 Å². The van der Waals surface area contributed by atoms with Crippen molar-refractivity contribution < 1.29 is 22.7 Å². The Kier molecular flexibility index (Phi) is 7.26. The van der Waals surface area contributed by atoms with Gasteiger partial charge in [0.05, 0.1) is 11.0 Å². The van der Waals surface area contributed by atoms with E-state index in [0.29, 0.717) is 5.69 Å². The zero-order valence-corrected chi connectivity index (χ0v) is 15.9. The van der Waals surface area contributed by atoms with Crippen LogP contribution in [-0.4, -0.2) is 39.5 Å². The first kappa shape index (κ1) is 21.1. The number of carbonyl (C=O) groups is 2. The largest absolute Gasteiger partial charge is 0.454 e. The summed E-state index contributed by atoms with van der Waals surface area (Å²) in [4.78, 5) is 25.6. The van der Waals surface area contributed by atoms with Gasteiger partial charge in [-0.05, 0) is 31.2 Å². The van der Waals surface area contributed by atoms with E-state index in [4.69, 9.17) is 10.00 Å². The van der Waals surface area contributed by atoms with Gasteiger partial charge in [0.15, 0.2) is 6.61 Å². The van der Waals surface area contributed by atoms with E-state index in [0.717, 1.165) is 0 Å². The molecule has 9 heteroatoms. The number of hydrogen-bond acceptors (Lipinski definition) is 6. The van der Waals surface area contributed by atoms with E-state index in [9.17, 15) is 18.0 Å². The average Bonchev–Trinajstić information content (AvgIpc) is 2.71. The third-order valence-electron chi connectivity index (χ3n) is 3.67. The van der Waals surface area contributed by atoms with E-state index in [1.165, 1.54) is 24.0 Å². The molecule has 0 aliphatic carbocycles. The normalized spacial score (nSPS) is 11.9. The molecule has 146 valence electrons. The number of nitrogens with zero attached hydrogens (tertiary/aromatic N) is 2. The minimum atomic E-state index is -3.90. The van der Waals surface area contributed by atoms with Crippen LogP contribution in [0.3, 0.4) is 0 Å². The molecule has 0 saturated heterocycles. The Morgan fingerprint density at radius 1 is 1.11 bits per heavy atom. The molecule has 0 fully saturated rings. The molecule has 2 aromatic rings. The Bertz CT molecular complexity index is 956. The van der Waals surface area contributed by atoms with Gasteiger partial charge < -0.3 is 4.74 Å². The van der Waals surface area contributed by atoms with Gasteiger partial charge in [0.1, 0.15) is 12.6 Å². The van der Waals surface area contributed by atoms with Gasteiger partial charge in [0.25, 0.3) is 5.91 Å². The van der Waals surface area contributed by atoms with Crippen molar-refractivity contribution in [2.24, 2.45) is 0 Å². The monoisotopic (exact) mass is 401 g/mol. The van der Waals surface area contributed by atoms with E-state index >= 15 is 0 Å². The molecule has 28 heavy (non-hydrogen) atoms. The fourth-order valence-corrected chi connectivity index (χ4v) is 3.50. The first-order valence-corrected chi connectivity index (χ1v) is 9.80. The van der Waals surface area contributed by atoms with Crippen molar-refractivity contribution in [2.75, 3.05) is 18.1 Å². The number of ether oxygens (including phenoxy) is 1. The summed E-state index contributed by atoms with van der Waals surface area (Å²) < 4.78 is 31.6. The highest BCUT2D eigenvalue weighted by Crippen LogP contribution is 2.13. The van der Waals surface area contributed by atoms with Crippen LogP contribution >= 0.6 is 0 Å². The maximum Gasteiger partial charge on any atom is 0.324 e. The van der Waals surface area contributed by atoms with Crippen LogP contribution in [-0.2, 0) is 24.3 Å². The van der Waals surface area contributed by atoms with Crippen LogP contribution in [0.5, 0.6) is 0 Å². The second-order valence-electron chi connectivity index (χ2n) is 5.74. The van der Waals surface area contributed by atoms with Crippen molar-refractivity contribution in [1.29, 1.82) is 5.26 Å². The van der Waals surface area contributed by atoms with Crippen LogP contribution < -0.4 is 9.62 Å². The van der Waals surface area contributed by atoms with E-state index in [1.807, 2.05) is 6.07 Å². The average molecular weight is 401 g/mol. The molecule has 0 aromatic heterocycles. The summed E-state index contributed by atoms with van der Waals surface area (Å²) in [6, 6.07) is 16.7. The van der Waals surface area contributed by atoms with Gasteiger partial charge in [0, 0.05) is 5.69 Å². The molecule has 0 spiro atoms. The zero-order valence-electron chi connectivity index (χ0n) is 15.1. The SMILES string of the molecule is CC(NS(=O)(=O)c1ccccc1)C(=O)OCC(=O)N(CC#N)c1ccccc1. The van der Waals surface area contributed by atoms with Crippen LogP contribution in [0.25, 0.3) is 0 Å². The van der Waals surface area contributed by atoms with Crippen LogP contribution in [0, 0.1) is 11.3 Å². The number of nitrogens with one attached hydrogen (secondary N) is 1. The standard InChI is InChI=1S/C19H19N3O5S/c1-15(21-28(25,26)17-10-6-3-7-11-17)19(24)27-14-18(23)22(13-12-20)16-8-4-2-5-9-16/h2-11,15,21H,13-14H2,1H3. The Morgan fingerprint density at radius 3 is 2.25 bits per heavy atom. The zero-order chi connectivity index (χ0) is 20.6. The summed E-state index contributed by atoms with van der Waals surface area (Å²) in [7, 11) is -3.90. The molecule has 1 atom stereocenters. The fraction of sp³-hybridized carbons (Fsp3) is 0.211. The molecular weight excluding hydrogens is 382 g/mol. The predicted molar refractivity (Wildman–Crippen MR) is 102 cm³/mol. The first-order chi connectivity index (χ1) is 13.3. The van der Waals surface area contributed by atoms with Gasteiger partial charge >= 0.3 is 5.97 Å². The summed E-state index contributed by atoms with van der Waals surface area (Å²) in [5.74, 6) is -1.50. The molecule has 1 unspecified atom stereocenters. The lowest BCUT2D eigenvalue weighted by Gasteiger charge is -2.20. The van der Waals surface area contributed by atoms with Gasteiger partial charge in [-0.15, -0.1) is 0 Å². The second-order valence-corrected chi connectivity index (χ2v) is 7.45. The van der Waals surface area contributed by atoms with Crippen molar-refractivity contribution in [3.8, 4) is 6.07 Å². The highest BCUT2D eigenvalue weighted by molar-refractivity contribution is 7.89. The molecule has 0 saturated carbocycles. The molecule has 0 aliphatic rings. The summed E-state index contributed by atoms with van der Waals surface area (Å²) in [6.45, 7) is 0.487. The van der Waals surface area contributed by atoms with E-state index in [2.05, 4.69) is 4.72 Å². The van der Waals surface area contributed by atoms with Crippen LogP contribution in [0.2, 0.25) is 0 Å². The molecule has 0 bridgehead atoms. The summed E-state index contributed by atoms with van der Waals surface area (Å²) in [6.07, 6.45) is 0. The highest BCUT2D eigenvalue weighted by Gasteiger charge is 2.24. The second kappa shape index (κ2) is 9.64. The van der Waals surface area contributed by atoms with Crippen LogP contribution in [0.15, 0.2) is 65.6 Å². The quantitative estimate of drug-likeness (QED) is 0.529. The van der Waals surface area contributed by atoms with Crippen LogP contribution in [0.1, 0.15) is 6.92 Å². The molecule has 0 aliphatic heterocycles. The molecule has 0 heterocycles. The minimum absolute atomic E-state index is 0.00926. The number of hydrogen-bond donors (Lipinski definition) is 1. The van der Waals surface area contributed by atoms with Gasteiger partial charge in [-0.25, -0.2) is 8.42 Å². The predicted octanol–water partition coefficient (Wildman–Crippen LogP) is 1.45. The smallest absolute Gasteiger partial charge is 0.324 e. The van der Waals surface area contributed by atoms with Gasteiger partial charge in [-0.1, -0.05) is 36.4 Å². The number of sulfonamides is 1. The van der Waals surface area contributed by atoms with Crippen molar-refractivity contribution >= 4 is 27.6 Å². The Morgan fingerprint density at radius 2 is 1.68 bits per heavy atom. The van der Waals surface area contributed by atoms with Crippen molar-refractivity contribution in [1.82, 2.24) is 4.72 Å². The number of benzene rings is 2. The molecule has 1 N–H and O–H groups in total. The number of nitriles is 1. The van der Waals surface area contributed by atoms with Crippen LogP contribution in [0.4, 0.5) is 5.69 Å². The number of rotatable bonds is 8. The lowest BCUT2D eigenvalue weighted by Crippen LogP contribution is -2.41. The third-order valence-corrected chi connectivity index (χ3v) is 5.23. The molecule has 2 rings (SSSR count). The Hall–Kier alpha value is -3.22. The van der Waals surface area contributed by atoms with Crippen molar-refractivity contribution in [2.45, 2.75) is 17.9 Å². The number of carbonyl (C=O) groups excluding carboxylic acids is 2. The molecular formula is C19H19N3O5S. The number of para-hydroxylation sites is 1. The highest BCUT2D eigenvalue weighted by atomic mass is 32.2. The maximum absolute atomic E-state index is 12.3. The Balaban J connectivity index is 1.96. The molecule has 8 nitrogen and oxygen atoms in total. The summed E-state index contributed by atoms with van der Waals surface area (Å²) >= 11 is 0. The minimum Gasteiger partial charge on any atom is -0.454 e. The van der Waals surface area contributed by atoms with Crippen molar-refractivity contribution in [3.63, 3.8) is 0 Å². The molecule has 1 amide bonds. The summed E-state index contributed by atoms with van der Waals surface area (Å²) in [5, 5.41) is 8.92. The fourth-order valence-electron chi connectivity index (χ4n) is 2.29. The Labute approximate surface area is 163 Å². The number of anilines is 1. The number of esters is 1. The maximum atomic E-state index is 12.3. The lowest BCUT2D eigenvalue weighted by molar-refractivity contribution is -0.149. The van der Waals surface area contributed by atoms with E-state index in [1.54, 1.807) is 48.5 Å². The molecule has 2 aromatic carbocycles. The van der Waals surface area contributed by atoms with Crippen molar-refractivity contribution in [3.05, 3.63) is 60.7 Å². The number of amides is 1. The lowest BCUT2D eigenvalue weighted by atomic mass is 10.3. The van der Waals surface area contributed by atoms with E-state index in [-0.39, 0.29) is 11.4 Å². The van der Waals surface area contributed by atoms with Gasteiger partial charge in [-0.3, -0.25) is 14.5 Å². The molecule has 0 radical (unpaired) electrons. The van der Waals surface area contributed by atoms with E-state index < -0.39 is 34.5 Å². The summed E-state index contributed by atoms with van der Waals surface area (Å²) in [5.41, 5.74) is 0.489. The first-order valence-electron chi connectivity index (χ1n) is 8.31. The van der Waals surface area contributed by atoms with Gasteiger partial charge in [-0.2, -0.15) is 9.98 Å².